The third-order valence-electron chi connectivity index (χ3n) is 7.47. The first-order valence-electron chi connectivity index (χ1n) is 13.0. The van der Waals surface area contributed by atoms with Crippen molar-refractivity contribution in [3.8, 4) is 0 Å². The number of carbonyl (C=O) groups is 2. The van der Waals surface area contributed by atoms with Gasteiger partial charge in [-0.1, -0.05) is 44.7 Å². The summed E-state index contributed by atoms with van der Waals surface area (Å²) < 4.78 is 0. The molecule has 5 heteroatoms. The number of nitrogens with zero attached hydrogens (tertiary/aromatic N) is 3. The van der Waals surface area contributed by atoms with Crippen LogP contribution in [0.25, 0.3) is 0 Å². The first kappa shape index (κ1) is 24.0. The summed E-state index contributed by atoms with van der Waals surface area (Å²) in [7, 11) is 0. The van der Waals surface area contributed by atoms with Crippen molar-refractivity contribution in [2.75, 3.05) is 18.0 Å². The summed E-state index contributed by atoms with van der Waals surface area (Å²) in [5.74, 6) is 0.978. The molecule has 0 bridgehead atoms. The number of ketones is 1. The molecule has 5 rings (SSSR count). The van der Waals surface area contributed by atoms with Crippen LogP contribution in [0.15, 0.2) is 66.9 Å². The zero-order valence-corrected chi connectivity index (χ0v) is 21.2. The Bertz CT molecular complexity index is 1340. The topological polar surface area (TPSA) is 53.5 Å². The number of fused-ring (bicyclic) bond motifs is 2. The molecular weight excluding hydrogens is 446 g/mol. The van der Waals surface area contributed by atoms with E-state index in [0.717, 1.165) is 67.0 Å². The van der Waals surface area contributed by atoms with Crippen molar-refractivity contribution in [2.45, 2.75) is 52.5 Å². The molecule has 1 aromatic heterocycles. The molecule has 36 heavy (non-hydrogen) atoms. The second kappa shape index (κ2) is 10.1. The van der Waals surface area contributed by atoms with Crippen molar-refractivity contribution >= 4 is 23.2 Å². The minimum Gasteiger partial charge on any atom is -0.334 e. The molecule has 2 aliphatic heterocycles. The van der Waals surface area contributed by atoms with Gasteiger partial charge in [0.2, 0.25) is 0 Å². The second-order valence-electron chi connectivity index (χ2n) is 9.69. The van der Waals surface area contributed by atoms with Gasteiger partial charge in [0.05, 0.1) is 5.56 Å². The Hall–Kier alpha value is -3.73. The van der Waals surface area contributed by atoms with E-state index in [9.17, 15) is 9.59 Å². The molecule has 0 saturated carbocycles. The summed E-state index contributed by atoms with van der Waals surface area (Å²) in [6.45, 7) is 10.2. The van der Waals surface area contributed by atoms with E-state index in [1.807, 2.05) is 36.1 Å². The quantitative estimate of drug-likeness (QED) is 0.318. The summed E-state index contributed by atoms with van der Waals surface area (Å²) in [4.78, 5) is 35.1. The van der Waals surface area contributed by atoms with Gasteiger partial charge in [0, 0.05) is 37.1 Å². The van der Waals surface area contributed by atoms with Gasteiger partial charge in [0.1, 0.15) is 5.82 Å². The smallest absolute Gasteiger partial charge is 0.255 e. The lowest BCUT2D eigenvalue weighted by Gasteiger charge is -2.32. The largest absolute Gasteiger partial charge is 0.334 e. The molecule has 0 unspecified atom stereocenters. The highest BCUT2D eigenvalue weighted by Gasteiger charge is 2.26. The summed E-state index contributed by atoms with van der Waals surface area (Å²) in [6.07, 6.45) is 5.92. The Labute approximate surface area is 213 Å². The van der Waals surface area contributed by atoms with E-state index >= 15 is 0 Å². The van der Waals surface area contributed by atoms with Gasteiger partial charge in [-0.05, 0) is 84.2 Å². The van der Waals surface area contributed by atoms with Crippen molar-refractivity contribution in [3.63, 3.8) is 0 Å². The van der Waals surface area contributed by atoms with Crippen LogP contribution in [0, 0.1) is 0 Å². The fraction of sp³-hybridized carbons (Fsp3) is 0.323. The van der Waals surface area contributed by atoms with Crippen LogP contribution in [-0.4, -0.2) is 34.7 Å². The maximum absolute atomic E-state index is 13.3. The summed E-state index contributed by atoms with van der Waals surface area (Å²) in [5, 5.41) is 0. The number of anilines is 2. The number of hydrogen-bond donors (Lipinski definition) is 0. The Morgan fingerprint density at radius 3 is 2.56 bits per heavy atom. The highest BCUT2D eigenvalue weighted by molar-refractivity contribution is 6.09. The molecule has 0 N–H and O–H groups in total. The van der Waals surface area contributed by atoms with E-state index in [2.05, 4.69) is 42.7 Å². The van der Waals surface area contributed by atoms with Gasteiger partial charge >= 0.3 is 0 Å². The van der Waals surface area contributed by atoms with Crippen LogP contribution in [0.4, 0.5) is 11.5 Å². The lowest BCUT2D eigenvalue weighted by atomic mass is 9.95. The average molecular weight is 480 g/mol. The molecule has 2 aliphatic rings. The molecular formula is C31H33N3O2. The highest BCUT2D eigenvalue weighted by Crippen LogP contribution is 2.34. The zero-order chi connectivity index (χ0) is 25.2. The van der Waals surface area contributed by atoms with E-state index in [4.69, 9.17) is 4.98 Å². The normalized spacial score (nSPS) is 14.7. The van der Waals surface area contributed by atoms with E-state index < -0.39 is 0 Å². The molecule has 5 nitrogen and oxygen atoms in total. The van der Waals surface area contributed by atoms with Gasteiger partial charge in [-0.15, -0.1) is 0 Å². The zero-order valence-electron chi connectivity index (χ0n) is 21.2. The van der Waals surface area contributed by atoms with Crippen molar-refractivity contribution in [1.29, 1.82) is 0 Å². The van der Waals surface area contributed by atoms with Crippen LogP contribution in [0.2, 0.25) is 0 Å². The van der Waals surface area contributed by atoms with E-state index in [1.165, 1.54) is 11.1 Å². The van der Waals surface area contributed by atoms with Crippen LogP contribution < -0.4 is 4.90 Å². The van der Waals surface area contributed by atoms with Gasteiger partial charge in [0.15, 0.2) is 5.78 Å². The highest BCUT2D eigenvalue weighted by atomic mass is 16.2. The summed E-state index contributed by atoms with van der Waals surface area (Å²) >= 11 is 0. The molecule has 0 atom stereocenters. The molecule has 0 saturated heterocycles. The molecule has 0 spiro atoms. The Balaban J connectivity index is 1.40. The first-order chi connectivity index (χ1) is 17.5. The van der Waals surface area contributed by atoms with Crippen LogP contribution in [-0.2, 0) is 25.8 Å². The van der Waals surface area contributed by atoms with Gasteiger partial charge in [-0.2, -0.15) is 0 Å². The lowest BCUT2D eigenvalue weighted by Crippen LogP contribution is -2.36. The minimum absolute atomic E-state index is 0.0292. The molecule has 2 aromatic carbocycles. The molecule has 3 aromatic rings. The van der Waals surface area contributed by atoms with E-state index in [0.29, 0.717) is 24.1 Å². The van der Waals surface area contributed by atoms with Crippen LogP contribution in [0.5, 0.6) is 0 Å². The number of pyridine rings is 1. The van der Waals surface area contributed by atoms with Gasteiger partial charge in [-0.25, -0.2) is 4.98 Å². The van der Waals surface area contributed by atoms with E-state index in [-0.39, 0.29) is 11.7 Å². The fourth-order valence-electron chi connectivity index (χ4n) is 5.30. The number of Topliss-reactive ketones (excluding diaryl/α,β-unsaturated/α-hetero) is 1. The number of amides is 1. The number of carbonyl (C=O) groups excluding carboxylic acids is 2. The maximum Gasteiger partial charge on any atom is 0.255 e. The third kappa shape index (κ3) is 4.46. The number of rotatable bonds is 6. The van der Waals surface area contributed by atoms with Crippen molar-refractivity contribution < 1.29 is 9.59 Å². The molecule has 0 radical (unpaired) electrons. The minimum atomic E-state index is 0.0292. The Morgan fingerprint density at radius 1 is 0.972 bits per heavy atom. The Morgan fingerprint density at radius 2 is 1.78 bits per heavy atom. The van der Waals surface area contributed by atoms with Crippen molar-refractivity contribution in [2.24, 2.45) is 0 Å². The maximum atomic E-state index is 13.3. The fourth-order valence-corrected chi connectivity index (χ4v) is 5.30. The average Bonchev–Trinajstić information content (AvgIpc) is 2.94. The molecule has 184 valence electrons. The van der Waals surface area contributed by atoms with Crippen LogP contribution >= 0.6 is 0 Å². The lowest BCUT2D eigenvalue weighted by molar-refractivity contribution is 0.0734. The predicted octanol–water partition coefficient (Wildman–Crippen LogP) is 6.08. The predicted molar refractivity (Wildman–Crippen MR) is 144 cm³/mol. The third-order valence-corrected chi connectivity index (χ3v) is 7.47. The SMILES string of the molecule is C=C(CC)C(=O)c1ccc(N2CCCc3cc(C(=O)N4CCc5ccccc5C4)cnc32)cc1CC. The second-order valence-corrected chi connectivity index (χ2v) is 9.69. The van der Waals surface area contributed by atoms with Crippen molar-refractivity contribution in [3.05, 3.63) is 100 Å². The van der Waals surface area contributed by atoms with Crippen molar-refractivity contribution in [1.82, 2.24) is 9.88 Å². The number of benzene rings is 2. The van der Waals surface area contributed by atoms with Crippen LogP contribution in [0.3, 0.4) is 0 Å². The standard InChI is InChI=1S/C31H33N3O2/c1-4-21(3)29(35)28-13-12-27(18-22(28)5-2)34-15-8-11-24-17-26(19-32-30(24)34)31(36)33-16-14-23-9-6-7-10-25(23)20-33/h6-7,9-10,12-13,17-19H,3-5,8,11,14-16,20H2,1-2H3. The number of aryl methyl sites for hydroxylation is 2. The molecule has 0 aliphatic carbocycles. The molecule has 1 amide bonds. The number of allylic oxidation sites excluding steroid dienone is 1. The summed E-state index contributed by atoms with van der Waals surface area (Å²) in [6, 6.07) is 16.4. The molecule has 0 fully saturated rings. The summed E-state index contributed by atoms with van der Waals surface area (Å²) in [5.41, 5.74) is 7.75. The van der Waals surface area contributed by atoms with Gasteiger partial charge in [0.25, 0.3) is 5.91 Å². The van der Waals surface area contributed by atoms with E-state index in [1.54, 1.807) is 6.20 Å². The Kier molecular flexibility index (Phi) is 6.73. The van der Waals surface area contributed by atoms with Crippen LogP contribution in [0.1, 0.15) is 69.7 Å². The van der Waals surface area contributed by atoms with Gasteiger partial charge < -0.3 is 9.80 Å². The van der Waals surface area contributed by atoms with Gasteiger partial charge in [-0.3, -0.25) is 9.59 Å². The molecule has 3 heterocycles. The first-order valence-corrected chi connectivity index (χ1v) is 13.0. The number of hydrogen-bond acceptors (Lipinski definition) is 4. The monoisotopic (exact) mass is 479 g/mol. The number of aromatic nitrogens is 1.